The molecule has 0 aromatic carbocycles. The summed E-state index contributed by atoms with van der Waals surface area (Å²) < 4.78 is 8.15. The van der Waals surface area contributed by atoms with Crippen molar-refractivity contribution < 1.29 is 9.53 Å². The molecule has 0 bridgehead atoms. The summed E-state index contributed by atoms with van der Waals surface area (Å²) in [7, 11) is 0. The Morgan fingerprint density at radius 2 is 2.37 bits per heavy atom. The third kappa shape index (κ3) is 3.24. The number of nitrogens with zero attached hydrogens (tertiary/aromatic N) is 3. The number of morpholine rings is 1. The lowest BCUT2D eigenvalue weighted by molar-refractivity contribution is -0.0154. The van der Waals surface area contributed by atoms with Crippen LogP contribution in [0.1, 0.15) is 30.8 Å². The van der Waals surface area contributed by atoms with Crippen molar-refractivity contribution >= 4 is 21.7 Å². The standard InChI is InChI=1S/C13H20BrN3O2/c1-3-5-17-12(10(14)8-15-17)13(18)11-9-16(4-2)6-7-19-11/h8,11H,3-7,9H2,1-2H3. The Balaban J connectivity index is 2.16. The summed E-state index contributed by atoms with van der Waals surface area (Å²) in [6.45, 7) is 8.04. The van der Waals surface area contributed by atoms with Crippen LogP contribution in [-0.2, 0) is 11.3 Å². The molecule has 1 fully saturated rings. The second-order valence-electron chi connectivity index (χ2n) is 4.68. The van der Waals surface area contributed by atoms with Gasteiger partial charge in [0.15, 0.2) is 0 Å². The van der Waals surface area contributed by atoms with Crippen LogP contribution in [0.15, 0.2) is 10.7 Å². The van der Waals surface area contributed by atoms with E-state index >= 15 is 0 Å². The van der Waals surface area contributed by atoms with Gasteiger partial charge >= 0.3 is 0 Å². The van der Waals surface area contributed by atoms with E-state index in [1.165, 1.54) is 0 Å². The molecule has 0 N–H and O–H groups in total. The van der Waals surface area contributed by atoms with Crippen LogP contribution < -0.4 is 0 Å². The molecule has 1 aromatic heterocycles. The van der Waals surface area contributed by atoms with Crippen molar-refractivity contribution in [2.24, 2.45) is 0 Å². The average molecular weight is 330 g/mol. The lowest BCUT2D eigenvalue weighted by atomic mass is 10.1. The number of hydrogen-bond acceptors (Lipinski definition) is 4. The zero-order valence-electron chi connectivity index (χ0n) is 11.4. The first-order valence-electron chi connectivity index (χ1n) is 6.76. The van der Waals surface area contributed by atoms with Gasteiger partial charge in [-0.1, -0.05) is 13.8 Å². The normalized spacial score (nSPS) is 20.7. The van der Waals surface area contributed by atoms with E-state index in [0.717, 1.165) is 30.5 Å². The van der Waals surface area contributed by atoms with Crippen LogP contribution in [0, 0.1) is 0 Å². The minimum Gasteiger partial charge on any atom is -0.367 e. The second-order valence-corrected chi connectivity index (χ2v) is 5.54. The Hall–Kier alpha value is -0.720. The first kappa shape index (κ1) is 14.7. The van der Waals surface area contributed by atoms with Gasteiger partial charge in [0.2, 0.25) is 5.78 Å². The highest BCUT2D eigenvalue weighted by Gasteiger charge is 2.30. The number of aryl methyl sites for hydroxylation is 1. The number of carbonyl (C=O) groups excluding carboxylic acids is 1. The van der Waals surface area contributed by atoms with E-state index < -0.39 is 0 Å². The van der Waals surface area contributed by atoms with Crippen molar-refractivity contribution in [2.45, 2.75) is 32.9 Å². The van der Waals surface area contributed by atoms with Crippen LogP contribution in [-0.4, -0.2) is 52.8 Å². The topological polar surface area (TPSA) is 47.4 Å². The molecule has 1 saturated heterocycles. The molecular weight excluding hydrogens is 310 g/mol. The van der Waals surface area contributed by atoms with Crippen molar-refractivity contribution in [3.63, 3.8) is 0 Å². The Morgan fingerprint density at radius 1 is 1.58 bits per heavy atom. The molecule has 6 heteroatoms. The number of halogens is 1. The van der Waals surface area contributed by atoms with Gasteiger partial charge in [0.25, 0.3) is 0 Å². The number of hydrogen-bond donors (Lipinski definition) is 0. The molecule has 1 unspecified atom stereocenters. The van der Waals surface area contributed by atoms with Gasteiger partial charge in [-0.2, -0.15) is 5.10 Å². The largest absolute Gasteiger partial charge is 0.367 e. The molecule has 106 valence electrons. The number of Topliss-reactive ketones (excluding diaryl/α,β-unsaturated/α-hetero) is 1. The molecule has 1 atom stereocenters. The Labute approximate surface area is 122 Å². The summed E-state index contributed by atoms with van der Waals surface area (Å²) in [5.41, 5.74) is 0.629. The first-order valence-corrected chi connectivity index (χ1v) is 7.56. The van der Waals surface area contributed by atoms with Crippen LogP contribution >= 0.6 is 15.9 Å². The van der Waals surface area contributed by atoms with Crippen molar-refractivity contribution in [3.8, 4) is 0 Å². The van der Waals surface area contributed by atoms with Gasteiger partial charge in [0.05, 0.1) is 17.3 Å². The second kappa shape index (κ2) is 6.63. The van der Waals surface area contributed by atoms with Crippen LogP contribution in [0.25, 0.3) is 0 Å². The molecule has 19 heavy (non-hydrogen) atoms. The molecule has 1 aliphatic heterocycles. The maximum atomic E-state index is 12.6. The highest BCUT2D eigenvalue weighted by atomic mass is 79.9. The van der Waals surface area contributed by atoms with E-state index in [0.29, 0.717) is 18.8 Å². The maximum absolute atomic E-state index is 12.6. The summed E-state index contributed by atoms with van der Waals surface area (Å²) in [5.74, 6) is 0.0241. The van der Waals surface area contributed by atoms with E-state index in [4.69, 9.17) is 4.74 Å². The van der Waals surface area contributed by atoms with Crippen molar-refractivity contribution in [3.05, 3.63) is 16.4 Å². The minimum absolute atomic E-state index is 0.0241. The van der Waals surface area contributed by atoms with Gasteiger partial charge in [-0.15, -0.1) is 0 Å². The third-order valence-electron chi connectivity index (χ3n) is 3.35. The molecule has 2 rings (SSSR count). The zero-order chi connectivity index (χ0) is 13.8. The summed E-state index contributed by atoms with van der Waals surface area (Å²) >= 11 is 3.41. The summed E-state index contributed by atoms with van der Waals surface area (Å²) in [6.07, 6.45) is 2.25. The first-order chi connectivity index (χ1) is 9.17. The molecule has 0 saturated carbocycles. The van der Waals surface area contributed by atoms with Gasteiger partial charge < -0.3 is 4.74 Å². The van der Waals surface area contributed by atoms with E-state index in [-0.39, 0.29) is 11.9 Å². The molecule has 1 aliphatic rings. The highest BCUT2D eigenvalue weighted by molar-refractivity contribution is 9.10. The number of rotatable bonds is 5. The van der Waals surface area contributed by atoms with E-state index in [2.05, 4.69) is 39.8 Å². The predicted molar refractivity (Wildman–Crippen MR) is 76.4 cm³/mol. The highest BCUT2D eigenvalue weighted by Crippen LogP contribution is 2.20. The lowest BCUT2D eigenvalue weighted by Gasteiger charge is -2.31. The van der Waals surface area contributed by atoms with Crippen molar-refractivity contribution in [1.82, 2.24) is 14.7 Å². The quantitative estimate of drug-likeness (QED) is 0.775. The van der Waals surface area contributed by atoms with Gasteiger partial charge in [0, 0.05) is 19.6 Å². The zero-order valence-corrected chi connectivity index (χ0v) is 13.0. The van der Waals surface area contributed by atoms with Crippen LogP contribution in [0.4, 0.5) is 0 Å². The summed E-state index contributed by atoms with van der Waals surface area (Å²) in [5, 5.41) is 4.24. The Morgan fingerprint density at radius 3 is 3.05 bits per heavy atom. The average Bonchev–Trinajstić information content (AvgIpc) is 2.79. The fourth-order valence-corrected chi connectivity index (χ4v) is 2.78. The number of ether oxygens (including phenoxy) is 1. The number of likely N-dealkylation sites (N-methyl/N-ethyl adjacent to an activating group) is 1. The summed E-state index contributed by atoms with van der Waals surface area (Å²) in [6, 6.07) is 0. The van der Waals surface area contributed by atoms with Gasteiger partial charge in [0.1, 0.15) is 11.8 Å². The van der Waals surface area contributed by atoms with E-state index in [1.54, 1.807) is 10.9 Å². The lowest BCUT2D eigenvalue weighted by Crippen LogP contribution is -2.46. The predicted octanol–water partition coefficient (Wildman–Crippen LogP) is 1.96. The smallest absolute Gasteiger partial charge is 0.211 e. The molecule has 2 heterocycles. The van der Waals surface area contributed by atoms with Gasteiger partial charge in [-0.05, 0) is 28.9 Å². The van der Waals surface area contributed by atoms with Crippen molar-refractivity contribution in [2.75, 3.05) is 26.2 Å². The van der Waals surface area contributed by atoms with Gasteiger partial charge in [-0.25, -0.2) is 0 Å². The third-order valence-corrected chi connectivity index (χ3v) is 3.93. The number of ketones is 1. The minimum atomic E-state index is -0.377. The van der Waals surface area contributed by atoms with Crippen molar-refractivity contribution in [1.29, 1.82) is 0 Å². The van der Waals surface area contributed by atoms with Crippen LogP contribution in [0.3, 0.4) is 0 Å². The molecule has 0 aliphatic carbocycles. The van der Waals surface area contributed by atoms with E-state index in [9.17, 15) is 4.79 Å². The van der Waals surface area contributed by atoms with E-state index in [1.807, 2.05) is 0 Å². The monoisotopic (exact) mass is 329 g/mol. The SMILES string of the molecule is CCCn1ncc(Br)c1C(=O)C1CN(CC)CCO1. The number of aromatic nitrogens is 2. The van der Waals surface area contributed by atoms with Gasteiger partial charge in [-0.3, -0.25) is 14.4 Å². The molecule has 0 radical (unpaired) electrons. The maximum Gasteiger partial charge on any atom is 0.211 e. The molecule has 0 spiro atoms. The fourth-order valence-electron chi connectivity index (χ4n) is 2.29. The van der Waals surface area contributed by atoms with Crippen LogP contribution in [0.5, 0.6) is 0 Å². The number of carbonyl (C=O) groups is 1. The molecule has 5 nitrogen and oxygen atoms in total. The Kier molecular flexibility index (Phi) is 5.13. The Bertz CT molecular complexity index is 447. The van der Waals surface area contributed by atoms with Crippen LogP contribution in [0.2, 0.25) is 0 Å². The molecule has 1 aromatic rings. The fraction of sp³-hybridized carbons (Fsp3) is 0.692. The molecular formula is C13H20BrN3O2. The summed E-state index contributed by atoms with van der Waals surface area (Å²) in [4.78, 5) is 14.8. The molecule has 0 amide bonds.